The third kappa shape index (κ3) is 3.98. The first-order valence-corrected chi connectivity index (χ1v) is 9.52. The number of carbonyl (C=O) groups is 1. The summed E-state index contributed by atoms with van der Waals surface area (Å²) in [6.07, 6.45) is 1.60. The fourth-order valence-electron chi connectivity index (χ4n) is 2.62. The monoisotopic (exact) mass is 453 g/mol. The fourth-order valence-corrected chi connectivity index (χ4v) is 3.18. The highest BCUT2D eigenvalue weighted by Gasteiger charge is 2.14. The Morgan fingerprint density at radius 1 is 1.07 bits per heavy atom. The number of nitrogens with zero attached hydrogens (tertiary/aromatic N) is 2. The van der Waals surface area contributed by atoms with Gasteiger partial charge in [-0.3, -0.25) is 4.79 Å². The van der Waals surface area contributed by atoms with E-state index in [2.05, 4.69) is 31.2 Å². The van der Waals surface area contributed by atoms with Crippen LogP contribution in [0.3, 0.4) is 0 Å². The molecule has 2 aromatic carbocycles. The quantitative estimate of drug-likeness (QED) is 0.430. The third-order valence-electron chi connectivity index (χ3n) is 3.93. The molecule has 4 rings (SSSR count). The Hall–Kier alpha value is -2.96. The topological polar surface area (TPSA) is 67.5 Å². The van der Waals surface area contributed by atoms with Crippen molar-refractivity contribution in [3.63, 3.8) is 0 Å². The van der Waals surface area contributed by atoms with Gasteiger partial charge in [-0.05, 0) is 48.5 Å². The fraction of sp³-hybridized carbons (Fsp3) is 0. The van der Waals surface area contributed by atoms with Crippen LogP contribution in [0.2, 0.25) is 5.02 Å². The van der Waals surface area contributed by atoms with Crippen LogP contribution in [0.25, 0.3) is 11.0 Å². The zero-order valence-corrected chi connectivity index (χ0v) is 16.7. The molecule has 0 saturated carbocycles. The normalized spacial score (nSPS) is 11.6. The lowest BCUT2D eigenvalue weighted by atomic mass is 10.1. The van der Waals surface area contributed by atoms with Gasteiger partial charge in [0.25, 0.3) is 5.91 Å². The molecule has 2 heterocycles. The molecule has 0 spiro atoms. The van der Waals surface area contributed by atoms with Crippen molar-refractivity contribution in [3.05, 3.63) is 93.5 Å². The minimum Gasteiger partial charge on any atom is -0.438 e. The number of halogens is 2. The van der Waals surface area contributed by atoms with E-state index in [1.54, 1.807) is 42.6 Å². The van der Waals surface area contributed by atoms with E-state index >= 15 is 0 Å². The van der Waals surface area contributed by atoms with Gasteiger partial charge in [0, 0.05) is 16.1 Å². The minimum absolute atomic E-state index is 0.163. The summed E-state index contributed by atoms with van der Waals surface area (Å²) in [5.41, 5.74) is 1.55. The van der Waals surface area contributed by atoms with Crippen LogP contribution in [0.1, 0.15) is 10.4 Å². The first-order valence-electron chi connectivity index (χ1n) is 8.35. The van der Waals surface area contributed by atoms with Gasteiger partial charge in [0.15, 0.2) is 0 Å². The van der Waals surface area contributed by atoms with Crippen LogP contribution in [0.5, 0.6) is 0 Å². The van der Waals surface area contributed by atoms with E-state index in [0.717, 1.165) is 9.86 Å². The number of benzene rings is 2. The summed E-state index contributed by atoms with van der Waals surface area (Å²) in [6.45, 7) is 0. The summed E-state index contributed by atoms with van der Waals surface area (Å²) in [6, 6.07) is 19.7. The van der Waals surface area contributed by atoms with Gasteiger partial charge in [0.05, 0.1) is 10.7 Å². The standard InChI is InChI=1S/C21H13BrClN3O2/c22-14-8-9-18-13(11-14)12-15(20(27)26-19-7-3-4-10-24-19)21(28-18)25-17-6-2-1-5-16(17)23/h1-12H,(H,24,26,27). The van der Waals surface area contributed by atoms with Crippen molar-refractivity contribution in [3.8, 4) is 0 Å². The molecule has 1 N–H and O–H groups in total. The zero-order valence-electron chi connectivity index (χ0n) is 14.4. The summed E-state index contributed by atoms with van der Waals surface area (Å²) in [4.78, 5) is 21.5. The molecule has 0 atom stereocenters. The molecule has 2 aromatic heterocycles. The first kappa shape index (κ1) is 18.4. The summed E-state index contributed by atoms with van der Waals surface area (Å²) in [5.74, 6) is 0.0562. The number of pyridine rings is 1. The van der Waals surface area contributed by atoms with Crippen LogP contribution in [-0.4, -0.2) is 10.9 Å². The van der Waals surface area contributed by atoms with Crippen molar-refractivity contribution < 1.29 is 9.21 Å². The smallest absolute Gasteiger partial charge is 0.262 e. The van der Waals surface area contributed by atoms with E-state index in [0.29, 0.717) is 22.1 Å². The number of hydrogen-bond acceptors (Lipinski definition) is 4. The number of aromatic nitrogens is 1. The molecule has 0 radical (unpaired) electrons. The average Bonchev–Trinajstić information content (AvgIpc) is 2.70. The Morgan fingerprint density at radius 2 is 1.89 bits per heavy atom. The van der Waals surface area contributed by atoms with Crippen molar-refractivity contribution in [1.82, 2.24) is 4.98 Å². The van der Waals surface area contributed by atoms with Crippen molar-refractivity contribution in [2.45, 2.75) is 0 Å². The maximum absolute atomic E-state index is 12.9. The molecule has 1 amide bonds. The molecule has 0 unspecified atom stereocenters. The van der Waals surface area contributed by atoms with Crippen LogP contribution in [-0.2, 0) is 0 Å². The Labute approximate surface area is 173 Å². The van der Waals surface area contributed by atoms with Gasteiger partial charge in [-0.25, -0.2) is 9.98 Å². The highest BCUT2D eigenvalue weighted by molar-refractivity contribution is 9.10. The maximum Gasteiger partial charge on any atom is 0.262 e. The lowest BCUT2D eigenvalue weighted by molar-refractivity contribution is 0.102. The number of para-hydroxylation sites is 1. The molecule has 0 aliphatic carbocycles. The van der Waals surface area contributed by atoms with Crippen LogP contribution in [0.4, 0.5) is 11.5 Å². The van der Waals surface area contributed by atoms with Gasteiger partial charge in [-0.2, -0.15) is 0 Å². The van der Waals surface area contributed by atoms with Gasteiger partial charge < -0.3 is 9.73 Å². The zero-order chi connectivity index (χ0) is 19.5. The maximum atomic E-state index is 12.9. The second-order valence-electron chi connectivity index (χ2n) is 5.88. The van der Waals surface area contributed by atoms with Crippen molar-refractivity contribution >= 4 is 55.9 Å². The molecule has 0 aliphatic rings. The Bertz CT molecular complexity index is 1240. The highest BCUT2D eigenvalue weighted by atomic mass is 79.9. The van der Waals surface area contributed by atoms with Gasteiger partial charge in [0.2, 0.25) is 5.55 Å². The molecule has 0 fully saturated rings. The Morgan fingerprint density at radius 3 is 2.68 bits per heavy atom. The Balaban J connectivity index is 1.89. The molecule has 4 aromatic rings. The van der Waals surface area contributed by atoms with E-state index in [1.165, 1.54) is 0 Å². The Kier molecular flexibility index (Phi) is 5.23. The average molecular weight is 455 g/mol. The van der Waals surface area contributed by atoms with E-state index in [4.69, 9.17) is 16.0 Å². The molecule has 28 heavy (non-hydrogen) atoms. The lowest BCUT2D eigenvalue weighted by Gasteiger charge is -2.07. The van der Waals surface area contributed by atoms with Crippen LogP contribution in [0.15, 0.2) is 86.8 Å². The number of carbonyl (C=O) groups excluding carboxylic acids is 1. The summed E-state index contributed by atoms with van der Waals surface area (Å²) >= 11 is 9.66. The van der Waals surface area contributed by atoms with E-state index in [1.807, 2.05) is 30.3 Å². The summed E-state index contributed by atoms with van der Waals surface area (Å²) in [5, 5.41) is 3.99. The number of amides is 1. The van der Waals surface area contributed by atoms with Crippen molar-refractivity contribution in [1.29, 1.82) is 0 Å². The SMILES string of the molecule is O=C(Nc1ccccn1)c1cc2cc(Br)ccc2oc1=Nc1ccccc1Cl. The number of anilines is 1. The van der Waals surface area contributed by atoms with E-state index in [-0.39, 0.29) is 17.0 Å². The predicted octanol–water partition coefficient (Wildman–Crippen LogP) is 5.73. The van der Waals surface area contributed by atoms with Crippen LogP contribution >= 0.6 is 27.5 Å². The second-order valence-corrected chi connectivity index (χ2v) is 7.20. The molecule has 0 bridgehead atoms. The molecular weight excluding hydrogens is 442 g/mol. The van der Waals surface area contributed by atoms with Crippen molar-refractivity contribution in [2.24, 2.45) is 4.99 Å². The number of rotatable bonds is 3. The number of nitrogens with one attached hydrogen (secondary N) is 1. The molecule has 0 saturated heterocycles. The van der Waals surface area contributed by atoms with Gasteiger partial charge in [0.1, 0.15) is 17.0 Å². The molecule has 7 heteroatoms. The molecule has 5 nitrogen and oxygen atoms in total. The predicted molar refractivity (Wildman–Crippen MR) is 113 cm³/mol. The number of fused-ring (bicyclic) bond motifs is 1. The van der Waals surface area contributed by atoms with Crippen LogP contribution in [0, 0.1) is 0 Å². The molecule has 138 valence electrons. The second kappa shape index (κ2) is 7.96. The van der Waals surface area contributed by atoms with E-state index < -0.39 is 0 Å². The van der Waals surface area contributed by atoms with Gasteiger partial charge >= 0.3 is 0 Å². The molecular formula is C21H13BrClN3O2. The summed E-state index contributed by atoms with van der Waals surface area (Å²) in [7, 11) is 0. The molecule has 0 aliphatic heterocycles. The van der Waals surface area contributed by atoms with E-state index in [9.17, 15) is 4.79 Å². The van der Waals surface area contributed by atoms with Gasteiger partial charge in [-0.15, -0.1) is 0 Å². The lowest BCUT2D eigenvalue weighted by Crippen LogP contribution is -2.22. The largest absolute Gasteiger partial charge is 0.438 e. The van der Waals surface area contributed by atoms with Crippen LogP contribution < -0.4 is 10.9 Å². The van der Waals surface area contributed by atoms with Gasteiger partial charge in [-0.1, -0.05) is 45.7 Å². The minimum atomic E-state index is -0.380. The summed E-state index contributed by atoms with van der Waals surface area (Å²) < 4.78 is 6.82. The third-order valence-corrected chi connectivity index (χ3v) is 4.75. The first-order chi connectivity index (χ1) is 13.6. The van der Waals surface area contributed by atoms with Crippen molar-refractivity contribution in [2.75, 3.05) is 5.32 Å². The number of hydrogen-bond donors (Lipinski definition) is 1. The highest BCUT2D eigenvalue weighted by Crippen LogP contribution is 2.24.